The van der Waals surface area contributed by atoms with E-state index in [4.69, 9.17) is 15.3 Å². The Morgan fingerprint density at radius 3 is 2.45 bits per heavy atom. The van der Waals surface area contributed by atoms with E-state index in [1.54, 1.807) is 12.4 Å². The maximum atomic E-state index is 5.71. The van der Waals surface area contributed by atoms with E-state index in [-0.39, 0.29) is 0 Å². The van der Waals surface area contributed by atoms with Gasteiger partial charge in [-0.05, 0) is 18.6 Å². The summed E-state index contributed by atoms with van der Waals surface area (Å²) in [4.78, 5) is 8.26. The number of hydrogen-bond donors (Lipinski definition) is 2. The van der Waals surface area contributed by atoms with Gasteiger partial charge in [-0.2, -0.15) is 0 Å². The van der Waals surface area contributed by atoms with Crippen molar-refractivity contribution >= 4 is 5.82 Å². The first kappa shape index (κ1) is 14.1. The summed E-state index contributed by atoms with van der Waals surface area (Å²) in [6.07, 6.45) is 4.12. The molecule has 6 heteroatoms. The highest BCUT2D eigenvalue weighted by Gasteiger charge is 2.05. The molecular weight excluding hydrogens is 256 g/mol. The van der Waals surface area contributed by atoms with Crippen molar-refractivity contribution in [3.63, 3.8) is 0 Å². The van der Waals surface area contributed by atoms with Gasteiger partial charge in [-0.1, -0.05) is 19.1 Å². The summed E-state index contributed by atoms with van der Waals surface area (Å²) in [5.74, 6) is 7.18. The molecule has 3 N–H and O–H groups in total. The molecule has 1 heterocycles. The van der Waals surface area contributed by atoms with Gasteiger partial charge in [0.1, 0.15) is 6.61 Å². The van der Waals surface area contributed by atoms with Crippen LogP contribution in [0.25, 0.3) is 0 Å². The number of benzene rings is 1. The molecule has 1 aromatic heterocycles. The van der Waals surface area contributed by atoms with Crippen LogP contribution in [0.2, 0.25) is 0 Å². The minimum atomic E-state index is 0.324. The zero-order valence-electron chi connectivity index (χ0n) is 11.4. The number of anilines is 1. The van der Waals surface area contributed by atoms with Crippen molar-refractivity contribution < 1.29 is 9.47 Å². The van der Waals surface area contributed by atoms with E-state index in [0.29, 0.717) is 30.5 Å². The van der Waals surface area contributed by atoms with Crippen LogP contribution in [0.4, 0.5) is 5.82 Å². The Morgan fingerprint density at radius 1 is 1.10 bits per heavy atom. The third-order valence-corrected chi connectivity index (χ3v) is 2.54. The van der Waals surface area contributed by atoms with E-state index in [1.165, 1.54) is 0 Å². The van der Waals surface area contributed by atoms with Gasteiger partial charge in [0.05, 0.1) is 24.7 Å². The first-order valence-corrected chi connectivity index (χ1v) is 6.45. The van der Waals surface area contributed by atoms with Crippen molar-refractivity contribution in [2.45, 2.75) is 20.0 Å². The average Bonchev–Trinajstić information content (AvgIpc) is 2.52. The predicted octanol–water partition coefficient (Wildman–Crippen LogP) is 2.13. The average molecular weight is 274 g/mol. The monoisotopic (exact) mass is 274 g/mol. The Balaban J connectivity index is 1.98. The van der Waals surface area contributed by atoms with Gasteiger partial charge in [-0.25, -0.2) is 10.8 Å². The fourth-order valence-corrected chi connectivity index (χ4v) is 1.56. The molecule has 0 radical (unpaired) electrons. The molecule has 2 aromatic rings. The Labute approximate surface area is 117 Å². The number of aromatic nitrogens is 2. The SMILES string of the molecule is CCCOc1ccccc1OCc1cnc(NN)cn1. The lowest BCUT2D eigenvalue weighted by Gasteiger charge is -2.11. The molecule has 0 fully saturated rings. The van der Waals surface area contributed by atoms with Gasteiger partial charge >= 0.3 is 0 Å². The Bertz CT molecular complexity index is 531. The molecule has 6 nitrogen and oxygen atoms in total. The van der Waals surface area contributed by atoms with Crippen molar-refractivity contribution in [2.24, 2.45) is 5.84 Å². The second-order valence-corrected chi connectivity index (χ2v) is 4.12. The van der Waals surface area contributed by atoms with Crippen molar-refractivity contribution in [1.29, 1.82) is 0 Å². The first-order valence-electron chi connectivity index (χ1n) is 6.45. The highest BCUT2D eigenvalue weighted by molar-refractivity contribution is 5.39. The molecule has 0 atom stereocenters. The lowest BCUT2D eigenvalue weighted by atomic mass is 10.3. The fourth-order valence-electron chi connectivity index (χ4n) is 1.56. The Morgan fingerprint density at radius 2 is 1.85 bits per heavy atom. The topological polar surface area (TPSA) is 82.3 Å². The van der Waals surface area contributed by atoms with E-state index in [9.17, 15) is 0 Å². The number of rotatable bonds is 7. The third-order valence-electron chi connectivity index (χ3n) is 2.54. The zero-order chi connectivity index (χ0) is 14.2. The van der Waals surface area contributed by atoms with E-state index >= 15 is 0 Å². The van der Waals surface area contributed by atoms with Gasteiger partial charge in [0.25, 0.3) is 0 Å². The highest BCUT2D eigenvalue weighted by atomic mass is 16.5. The number of hydrogen-bond acceptors (Lipinski definition) is 6. The number of nitrogen functional groups attached to an aromatic ring is 1. The number of hydrazine groups is 1. The van der Waals surface area contributed by atoms with E-state index in [2.05, 4.69) is 22.3 Å². The van der Waals surface area contributed by atoms with Gasteiger partial charge in [0.15, 0.2) is 17.3 Å². The molecule has 20 heavy (non-hydrogen) atoms. The minimum absolute atomic E-state index is 0.324. The summed E-state index contributed by atoms with van der Waals surface area (Å²) >= 11 is 0. The lowest BCUT2D eigenvalue weighted by molar-refractivity contribution is 0.259. The molecule has 0 amide bonds. The molecule has 0 unspecified atom stereocenters. The van der Waals surface area contributed by atoms with Gasteiger partial charge in [0, 0.05) is 0 Å². The molecule has 0 aliphatic heterocycles. The maximum absolute atomic E-state index is 5.71. The van der Waals surface area contributed by atoms with E-state index in [1.807, 2.05) is 24.3 Å². The van der Waals surface area contributed by atoms with Crippen molar-refractivity contribution in [2.75, 3.05) is 12.0 Å². The first-order chi connectivity index (χ1) is 9.83. The third kappa shape index (κ3) is 3.83. The van der Waals surface area contributed by atoms with E-state index < -0.39 is 0 Å². The molecule has 0 saturated carbocycles. The molecular formula is C14H18N4O2. The van der Waals surface area contributed by atoms with Crippen LogP contribution in [0.5, 0.6) is 11.5 Å². The van der Waals surface area contributed by atoms with Gasteiger partial charge < -0.3 is 14.9 Å². The summed E-state index contributed by atoms with van der Waals surface area (Å²) < 4.78 is 11.3. The summed E-state index contributed by atoms with van der Waals surface area (Å²) in [6.45, 7) is 3.05. The number of para-hydroxylation sites is 2. The molecule has 0 aliphatic carbocycles. The smallest absolute Gasteiger partial charge is 0.161 e. The highest BCUT2D eigenvalue weighted by Crippen LogP contribution is 2.27. The van der Waals surface area contributed by atoms with Crippen LogP contribution >= 0.6 is 0 Å². The van der Waals surface area contributed by atoms with Crippen LogP contribution < -0.4 is 20.7 Å². The maximum Gasteiger partial charge on any atom is 0.161 e. The van der Waals surface area contributed by atoms with Crippen molar-refractivity contribution in [1.82, 2.24) is 9.97 Å². The molecule has 0 spiro atoms. The Kier molecular flexibility index (Phi) is 5.14. The van der Waals surface area contributed by atoms with Gasteiger partial charge in [-0.15, -0.1) is 0 Å². The molecule has 0 bridgehead atoms. The second kappa shape index (κ2) is 7.30. The summed E-state index contributed by atoms with van der Waals surface area (Å²) in [5.41, 5.74) is 3.14. The number of nitrogens with zero attached hydrogens (tertiary/aromatic N) is 2. The van der Waals surface area contributed by atoms with Crippen molar-refractivity contribution in [3.05, 3.63) is 42.4 Å². The number of nitrogens with two attached hydrogens (primary N) is 1. The fraction of sp³-hybridized carbons (Fsp3) is 0.286. The summed E-state index contributed by atoms with van der Waals surface area (Å²) in [6, 6.07) is 7.58. The van der Waals surface area contributed by atoms with E-state index in [0.717, 1.165) is 12.2 Å². The molecule has 0 saturated heterocycles. The van der Waals surface area contributed by atoms with Crippen LogP contribution in [0.1, 0.15) is 19.0 Å². The van der Waals surface area contributed by atoms with Crippen molar-refractivity contribution in [3.8, 4) is 11.5 Å². The standard InChI is InChI=1S/C14H18N4O2/c1-2-7-19-12-5-3-4-6-13(12)20-10-11-8-17-14(18-15)9-16-11/h3-6,8-9H,2,7,10,15H2,1H3,(H,17,18). The summed E-state index contributed by atoms with van der Waals surface area (Å²) in [7, 11) is 0. The van der Waals surface area contributed by atoms with Crippen LogP contribution in [0.3, 0.4) is 0 Å². The van der Waals surface area contributed by atoms with Crippen LogP contribution in [-0.4, -0.2) is 16.6 Å². The van der Waals surface area contributed by atoms with Gasteiger partial charge in [-0.3, -0.25) is 4.98 Å². The quantitative estimate of drug-likeness (QED) is 0.594. The predicted molar refractivity (Wildman–Crippen MR) is 76.4 cm³/mol. The molecule has 106 valence electrons. The minimum Gasteiger partial charge on any atom is -0.490 e. The summed E-state index contributed by atoms with van der Waals surface area (Å²) in [5, 5.41) is 0. The van der Waals surface area contributed by atoms with Crippen LogP contribution in [-0.2, 0) is 6.61 Å². The van der Waals surface area contributed by atoms with Gasteiger partial charge in [0.2, 0.25) is 0 Å². The van der Waals surface area contributed by atoms with Crippen LogP contribution in [0.15, 0.2) is 36.7 Å². The number of nitrogens with one attached hydrogen (secondary N) is 1. The lowest BCUT2D eigenvalue weighted by Crippen LogP contribution is -2.09. The largest absolute Gasteiger partial charge is 0.490 e. The molecule has 0 aliphatic rings. The van der Waals surface area contributed by atoms with Crippen LogP contribution in [0, 0.1) is 0 Å². The zero-order valence-corrected chi connectivity index (χ0v) is 11.4. The molecule has 1 aromatic carbocycles. The number of ether oxygens (including phenoxy) is 2. The Hall–Kier alpha value is -2.34. The molecule has 2 rings (SSSR count). The normalized spacial score (nSPS) is 10.1. The second-order valence-electron chi connectivity index (χ2n) is 4.12.